The molecule has 0 aliphatic heterocycles. The lowest BCUT2D eigenvalue weighted by molar-refractivity contribution is -0.120. The van der Waals surface area contributed by atoms with E-state index in [0.29, 0.717) is 22.6 Å². The number of nitrogens with two attached hydrogens (primary N) is 1. The van der Waals surface area contributed by atoms with Gasteiger partial charge in [-0.3, -0.25) is 9.59 Å². The van der Waals surface area contributed by atoms with E-state index in [9.17, 15) is 9.59 Å². The Hall–Kier alpha value is -3.02. The average Bonchev–Trinajstić information content (AvgIpc) is 2.59. The molecule has 0 spiro atoms. The van der Waals surface area contributed by atoms with E-state index < -0.39 is 17.9 Å². The summed E-state index contributed by atoms with van der Waals surface area (Å²) < 4.78 is 10.1. The zero-order valence-corrected chi connectivity index (χ0v) is 12.9. The van der Waals surface area contributed by atoms with Crippen molar-refractivity contribution in [1.29, 1.82) is 0 Å². The van der Waals surface area contributed by atoms with Crippen LogP contribution in [0.1, 0.15) is 22.0 Å². The van der Waals surface area contributed by atoms with Crippen LogP contribution in [0.3, 0.4) is 0 Å². The summed E-state index contributed by atoms with van der Waals surface area (Å²) >= 11 is 0. The lowest BCUT2D eigenvalue weighted by Crippen LogP contribution is -2.37. The standard InChI is InChI=1S/C17H18N2O4/c1-22-13-7-3-11(4-8-13)15(16(18)20)19-17(21)12-5-9-14(23-2)10-6-12/h3-10,15H,1-2H3,(H2,18,20)(H,19,21). The Morgan fingerprint density at radius 1 is 0.913 bits per heavy atom. The van der Waals surface area contributed by atoms with Crippen molar-refractivity contribution in [3.63, 3.8) is 0 Å². The Kier molecular flexibility index (Phi) is 5.19. The van der Waals surface area contributed by atoms with Crippen LogP contribution in [0.15, 0.2) is 48.5 Å². The predicted octanol–water partition coefficient (Wildman–Crippen LogP) is 1.66. The summed E-state index contributed by atoms with van der Waals surface area (Å²) in [5.74, 6) is 0.255. The summed E-state index contributed by atoms with van der Waals surface area (Å²) in [5, 5.41) is 2.63. The Morgan fingerprint density at radius 2 is 1.39 bits per heavy atom. The number of nitrogens with one attached hydrogen (secondary N) is 1. The van der Waals surface area contributed by atoms with E-state index in [0.717, 1.165) is 0 Å². The number of methoxy groups -OCH3 is 2. The van der Waals surface area contributed by atoms with Crippen LogP contribution < -0.4 is 20.5 Å². The first-order valence-electron chi connectivity index (χ1n) is 6.93. The number of hydrogen-bond donors (Lipinski definition) is 2. The van der Waals surface area contributed by atoms with Gasteiger partial charge in [0.05, 0.1) is 14.2 Å². The highest BCUT2D eigenvalue weighted by molar-refractivity contribution is 5.97. The normalized spacial score (nSPS) is 11.4. The van der Waals surface area contributed by atoms with Crippen LogP contribution in [-0.2, 0) is 4.79 Å². The van der Waals surface area contributed by atoms with Crippen molar-refractivity contribution in [2.75, 3.05) is 14.2 Å². The monoisotopic (exact) mass is 314 g/mol. The molecule has 1 atom stereocenters. The van der Waals surface area contributed by atoms with E-state index in [1.165, 1.54) is 0 Å². The molecule has 120 valence electrons. The summed E-state index contributed by atoms with van der Waals surface area (Å²) in [6.07, 6.45) is 0. The number of rotatable bonds is 6. The van der Waals surface area contributed by atoms with Crippen LogP contribution in [0, 0.1) is 0 Å². The molecule has 0 heterocycles. The largest absolute Gasteiger partial charge is 0.497 e. The van der Waals surface area contributed by atoms with Crippen LogP contribution in [0.5, 0.6) is 11.5 Å². The van der Waals surface area contributed by atoms with Gasteiger partial charge in [0.2, 0.25) is 5.91 Å². The van der Waals surface area contributed by atoms with Crippen LogP contribution in [0.25, 0.3) is 0 Å². The van der Waals surface area contributed by atoms with Crippen LogP contribution in [0.4, 0.5) is 0 Å². The maximum Gasteiger partial charge on any atom is 0.252 e. The van der Waals surface area contributed by atoms with Crippen LogP contribution in [-0.4, -0.2) is 26.0 Å². The van der Waals surface area contributed by atoms with Crippen molar-refractivity contribution in [1.82, 2.24) is 5.32 Å². The first-order valence-corrected chi connectivity index (χ1v) is 6.93. The van der Waals surface area contributed by atoms with E-state index in [-0.39, 0.29) is 0 Å². The van der Waals surface area contributed by atoms with Crippen molar-refractivity contribution < 1.29 is 19.1 Å². The number of hydrogen-bond acceptors (Lipinski definition) is 4. The molecule has 0 saturated heterocycles. The lowest BCUT2D eigenvalue weighted by Gasteiger charge is -2.16. The highest BCUT2D eigenvalue weighted by atomic mass is 16.5. The molecule has 0 saturated carbocycles. The zero-order chi connectivity index (χ0) is 16.8. The van der Waals surface area contributed by atoms with Gasteiger partial charge in [-0.1, -0.05) is 12.1 Å². The fourth-order valence-corrected chi connectivity index (χ4v) is 2.07. The third-order valence-corrected chi connectivity index (χ3v) is 3.36. The van der Waals surface area contributed by atoms with Crippen molar-refractivity contribution in [2.45, 2.75) is 6.04 Å². The Bertz CT molecular complexity index is 681. The maximum absolute atomic E-state index is 12.3. The molecule has 3 N–H and O–H groups in total. The molecule has 0 aromatic heterocycles. The van der Waals surface area contributed by atoms with E-state index in [1.807, 2.05) is 0 Å². The van der Waals surface area contributed by atoms with E-state index in [1.54, 1.807) is 62.8 Å². The number of primary amides is 1. The minimum atomic E-state index is -0.921. The molecule has 1 unspecified atom stereocenters. The second-order valence-corrected chi connectivity index (χ2v) is 4.81. The Balaban J connectivity index is 2.17. The topological polar surface area (TPSA) is 90.6 Å². The Morgan fingerprint density at radius 3 is 1.83 bits per heavy atom. The summed E-state index contributed by atoms with van der Waals surface area (Å²) in [6.45, 7) is 0. The Labute approximate surface area is 134 Å². The van der Waals surface area contributed by atoms with Gasteiger partial charge in [-0.05, 0) is 42.0 Å². The summed E-state index contributed by atoms with van der Waals surface area (Å²) in [5.41, 5.74) is 6.40. The van der Waals surface area contributed by atoms with E-state index >= 15 is 0 Å². The van der Waals surface area contributed by atoms with Gasteiger partial charge in [-0.15, -0.1) is 0 Å². The van der Waals surface area contributed by atoms with Gasteiger partial charge in [-0.25, -0.2) is 0 Å². The van der Waals surface area contributed by atoms with Crippen LogP contribution in [0.2, 0.25) is 0 Å². The molecule has 2 aromatic carbocycles. The summed E-state index contributed by atoms with van der Waals surface area (Å²) in [4.78, 5) is 23.9. The lowest BCUT2D eigenvalue weighted by atomic mass is 10.1. The molecular formula is C17H18N2O4. The minimum Gasteiger partial charge on any atom is -0.497 e. The fraction of sp³-hybridized carbons (Fsp3) is 0.176. The molecule has 23 heavy (non-hydrogen) atoms. The van der Waals surface area contributed by atoms with Crippen molar-refractivity contribution in [3.05, 3.63) is 59.7 Å². The number of benzene rings is 2. The van der Waals surface area contributed by atoms with Crippen molar-refractivity contribution in [2.24, 2.45) is 5.73 Å². The molecule has 2 aromatic rings. The third-order valence-electron chi connectivity index (χ3n) is 3.36. The first-order chi connectivity index (χ1) is 11.0. The SMILES string of the molecule is COc1ccc(C(=O)NC(C(N)=O)c2ccc(OC)cc2)cc1. The number of carbonyl (C=O) groups is 2. The van der Waals surface area contributed by atoms with Crippen molar-refractivity contribution in [3.8, 4) is 11.5 Å². The highest BCUT2D eigenvalue weighted by Crippen LogP contribution is 2.18. The molecule has 0 aliphatic rings. The molecule has 0 radical (unpaired) electrons. The second-order valence-electron chi connectivity index (χ2n) is 4.81. The minimum absolute atomic E-state index is 0.396. The van der Waals surface area contributed by atoms with Gasteiger partial charge in [0, 0.05) is 5.56 Å². The molecule has 0 fully saturated rings. The highest BCUT2D eigenvalue weighted by Gasteiger charge is 2.21. The summed E-state index contributed by atoms with van der Waals surface area (Å²) in [7, 11) is 3.09. The van der Waals surface area contributed by atoms with Gasteiger partial charge in [0.1, 0.15) is 17.5 Å². The maximum atomic E-state index is 12.3. The van der Waals surface area contributed by atoms with Crippen molar-refractivity contribution >= 4 is 11.8 Å². The third kappa shape index (κ3) is 4.00. The zero-order valence-electron chi connectivity index (χ0n) is 12.9. The smallest absolute Gasteiger partial charge is 0.252 e. The number of amides is 2. The second kappa shape index (κ2) is 7.31. The quantitative estimate of drug-likeness (QED) is 0.848. The molecule has 2 rings (SSSR count). The molecule has 6 nitrogen and oxygen atoms in total. The molecule has 0 bridgehead atoms. The molecule has 0 aliphatic carbocycles. The van der Waals surface area contributed by atoms with Gasteiger partial charge in [0.25, 0.3) is 5.91 Å². The molecular weight excluding hydrogens is 296 g/mol. The fourth-order valence-electron chi connectivity index (χ4n) is 2.07. The van der Waals surface area contributed by atoms with Gasteiger partial charge < -0.3 is 20.5 Å². The average molecular weight is 314 g/mol. The van der Waals surface area contributed by atoms with Gasteiger partial charge >= 0.3 is 0 Å². The molecule has 2 amide bonds. The van der Waals surface area contributed by atoms with Gasteiger partial charge in [0.15, 0.2) is 0 Å². The summed E-state index contributed by atoms with van der Waals surface area (Å²) in [6, 6.07) is 12.4. The predicted molar refractivity (Wildman–Crippen MR) is 85.4 cm³/mol. The molecule has 6 heteroatoms. The van der Waals surface area contributed by atoms with Gasteiger partial charge in [-0.2, -0.15) is 0 Å². The number of ether oxygens (including phenoxy) is 2. The van der Waals surface area contributed by atoms with Crippen LogP contribution >= 0.6 is 0 Å². The first kappa shape index (κ1) is 16.4. The van der Waals surface area contributed by atoms with E-state index in [4.69, 9.17) is 15.2 Å². The number of carbonyl (C=O) groups excluding carboxylic acids is 2. The van der Waals surface area contributed by atoms with E-state index in [2.05, 4.69) is 5.32 Å².